The smallest absolute Gasteiger partial charge is 0.110 e. The molecule has 0 aliphatic heterocycles. The minimum Gasteiger partial charge on any atom is -0.338 e. The molecule has 4 heteroatoms. The first kappa shape index (κ1) is 15.1. The fourth-order valence-corrected chi connectivity index (χ4v) is 2.40. The highest BCUT2D eigenvalue weighted by Crippen LogP contribution is 2.23. The first-order chi connectivity index (χ1) is 9.61. The number of nitrogens with one attached hydrogen (secondary N) is 1. The van der Waals surface area contributed by atoms with Gasteiger partial charge in [0.1, 0.15) is 5.82 Å². The minimum atomic E-state index is 0.270. The number of aromatic nitrogens is 2. The van der Waals surface area contributed by atoms with Crippen LogP contribution in [0.2, 0.25) is 5.02 Å². The summed E-state index contributed by atoms with van der Waals surface area (Å²) in [4.78, 5) is 4.43. The van der Waals surface area contributed by atoms with Crippen molar-refractivity contribution in [2.24, 2.45) is 7.05 Å². The van der Waals surface area contributed by atoms with E-state index in [0.717, 1.165) is 35.8 Å². The van der Waals surface area contributed by atoms with E-state index in [4.69, 9.17) is 11.6 Å². The molecule has 0 bridgehead atoms. The molecule has 20 heavy (non-hydrogen) atoms. The van der Waals surface area contributed by atoms with Crippen LogP contribution in [0.25, 0.3) is 0 Å². The average molecular weight is 292 g/mol. The highest BCUT2D eigenvalue weighted by molar-refractivity contribution is 6.31. The number of aryl methyl sites for hydroxylation is 2. The van der Waals surface area contributed by atoms with Crippen LogP contribution in [-0.4, -0.2) is 16.1 Å². The molecular formula is C16H22ClN3. The van der Waals surface area contributed by atoms with Gasteiger partial charge in [0.25, 0.3) is 0 Å². The number of rotatable bonds is 6. The number of halogens is 1. The lowest BCUT2D eigenvalue weighted by Crippen LogP contribution is -2.25. The lowest BCUT2D eigenvalue weighted by molar-refractivity contribution is 0.512. The maximum Gasteiger partial charge on any atom is 0.110 e. The van der Waals surface area contributed by atoms with Gasteiger partial charge in [-0.3, -0.25) is 0 Å². The maximum atomic E-state index is 6.12. The summed E-state index contributed by atoms with van der Waals surface area (Å²) in [6.45, 7) is 5.22. The summed E-state index contributed by atoms with van der Waals surface area (Å²) < 4.78 is 2.07. The van der Waals surface area contributed by atoms with Gasteiger partial charge >= 0.3 is 0 Å². The Morgan fingerprint density at radius 2 is 2.20 bits per heavy atom. The predicted molar refractivity (Wildman–Crippen MR) is 84.1 cm³/mol. The number of hydrogen-bond donors (Lipinski definition) is 1. The van der Waals surface area contributed by atoms with Crippen LogP contribution < -0.4 is 5.32 Å². The van der Waals surface area contributed by atoms with Crippen LogP contribution in [-0.2, 0) is 13.5 Å². The van der Waals surface area contributed by atoms with Gasteiger partial charge in [0.05, 0.1) is 0 Å². The van der Waals surface area contributed by atoms with Crippen LogP contribution in [0, 0.1) is 6.92 Å². The predicted octanol–water partition coefficient (Wildman–Crippen LogP) is 3.67. The molecule has 1 unspecified atom stereocenters. The molecule has 2 rings (SSSR count). The summed E-state index contributed by atoms with van der Waals surface area (Å²) >= 11 is 6.12. The topological polar surface area (TPSA) is 29.9 Å². The summed E-state index contributed by atoms with van der Waals surface area (Å²) in [7, 11) is 2.03. The van der Waals surface area contributed by atoms with Crippen LogP contribution in [0.5, 0.6) is 0 Å². The standard InChI is InChI=1S/C16H22ClN3/c1-4-7-18-15(11-16-19-8-9-20(16)3)13-5-6-14(17)12(2)10-13/h5-6,8-10,15,18H,4,7,11H2,1-3H3. The van der Waals surface area contributed by atoms with E-state index < -0.39 is 0 Å². The van der Waals surface area contributed by atoms with E-state index >= 15 is 0 Å². The maximum absolute atomic E-state index is 6.12. The lowest BCUT2D eigenvalue weighted by Gasteiger charge is -2.19. The van der Waals surface area contributed by atoms with E-state index in [-0.39, 0.29) is 6.04 Å². The van der Waals surface area contributed by atoms with Crippen LogP contribution in [0.4, 0.5) is 0 Å². The Morgan fingerprint density at radius 3 is 2.80 bits per heavy atom. The first-order valence-corrected chi connectivity index (χ1v) is 7.45. The Bertz CT molecular complexity index is 563. The zero-order valence-corrected chi connectivity index (χ0v) is 13.1. The Morgan fingerprint density at radius 1 is 1.40 bits per heavy atom. The van der Waals surface area contributed by atoms with Gasteiger partial charge < -0.3 is 9.88 Å². The van der Waals surface area contributed by atoms with Crippen molar-refractivity contribution >= 4 is 11.6 Å². The van der Waals surface area contributed by atoms with Crippen molar-refractivity contribution in [1.82, 2.24) is 14.9 Å². The SMILES string of the molecule is CCCNC(Cc1nccn1C)c1ccc(Cl)c(C)c1. The Hall–Kier alpha value is -1.32. The summed E-state index contributed by atoms with van der Waals surface area (Å²) in [5.74, 6) is 1.09. The third kappa shape index (κ3) is 3.62. The summed E-state index contributed by atoms with van der Waals surface area (Å²) in [6, 6.07) is 6.52. The molecule has 108 valence electrons. The Labute approximate surface area is 126 Å². The average Bonchev–Trinajstić information content (AvgIpc) is 2.83. The monoisotopic (exact) mass is 291 g/mol. The Balaban J connectivity index is 2.22. The number of nitrogens with zero attached hydrogens (tertiary/aromatic N) is 2. The van der Waals surface area contributed by atoms with E-state index in [1.807, 2.05) is 32.4 Å². The van der Waals surface area contributed by atoms with Gasteiger partial charge in [-0.25, -0.2) is 4.98 Å². The molecule has 1 N–H and O–H groups in total. The lowest BCUT2D eigenvalue weighted by atomic mass is 10.0. The zero-order chi connectivity index (χ0) is 14.5. The molecule has 0 saturated carbocycles. The molecule has 0 aliphatic carbocycles. The molecule has 1 atom stereocenters. The normalized spacial score (nSPS) is 12.6. The third-order valence-electron chi connectivity index (χ3n) is 3.53. The highest BCUT2D eigenvalue weighted by atomic mass is 35.5. The first-order valence-electron chi connectivity index (χ1n) is 7.07. The van der Waals surface area contributed by atoms with Crippen molar-refractivity contribution in [2.45, 2.75) is 32.7 Å². The second kappa shape index (κ2) is 6.91. The highest BCUT2D eigenvalue weighted by Gasteiger charge is 2.14. The summed E-state index contributed by atoms with van der Waals surface area (Å²) in [5.41, 5.74) is 2.38. The van der Waals surface area contributed by atoms with Crippen molar-refractivity contribution in [2.75, 3.05) is 6.54 Å². The van der Waals surface area contributed by atoms with Crippen molar-refractivity contribution in [3.05, 3.63) is 52.6 Å². The Kier molecular flexibility index (Phi) is 5.21. The molecule has 0 saturated heterocycles. The molecule has 2 aromatic rings. The van der Waals surface area contributed by atoms with Crippen LogP contribution in [0.15, 0.2) is 30.6 Å². The van der Waals surface area contributed by atoms with Gasteiger partial charge in [-0.05, 0) is 37.1 Å². The fraction of sp³-hybridized carbons (Fsp3) is 0.438. The quantitative estimate of drug-likeness (QED) is 0.880. The molecule has 0 fully saturated rings. The number of hydrogen-bond acceptors (Lipinski definition) is 2. The largest absolute Gasteiger partial charge is 0.338 e. The van der Waals surface area contributed by atoms with E-state index in [1.165, 1.54) is 5.56 Å². The molecule has 0 aliphatic rings. The molecule has 0 spiro atoms. The van der Waals surface area contributed by atoms with Crippen molar-refractivity contribution in [3.8, 4) is 0 Å². The van der Waals surface area contributed by atoms with E-state index in [0.29, 0.717) is 0 Å². The van der Waals surface area contributed by atoms with E-state index in [1.54, 1.807) is 0 Å². The molecule has 1 aromatic heterocycles. The van der Waals surface area contributed by atoms with Crippen molar-refractivity contribution in [1.29, 1.82) is 0 Å². The summed E-state index contributed by atoms with van der Waals surface area (Å²) in [6.07, 6.45) is 5.83. The van der Waals surface area contributed by atoms with E-state index in [9.17, 15) is 0 Å². The fourth-order valence-electron chi connectivity index (χ4n) is 2.29. The molecule has 3 nitrogen and oxygen atoms in total. The molecule has 1 heterocycles. The van der Waals surface area contributed by atoms with Gasteiger partial charge in [-0.15, -0.1) is 0 Å². The van der Waals surface area contributed by atoms with E-state index in [2.05, 4.69) is 33.9 Å². The molecular weight excluding hydrogens is 270 g/mol. The summed E-state index contributed by atoms with van der Waals surface area (Å²) in [5, 5.41) is 4.42. The van der Waals surface area contributed by atoms with Crippen LogP contribution in [0.1, 0.15) is 36.3 Å². The van der Waals surface area contributed by atoms with Crippen LogP contribution in [0.3, 0.4) is 0 Å². The van der Waals surface area contributed by atoms with Gasteiger partial charge in [-0.2, -0.15) is 0 Å². The minimum absolute atomic E-state index is 0.270. The molecule has 0 amide bonds. The van der Waals surface area contributed by atoms with Gasteiger partial charge in [-0.1, -0.05) is 30.7 Å². The van der Waals surface area contributed by atoms with Gasteiger partial charge in [0.15, 0.2) is 0 Å². The molecule has 1 aromatic carbocycles. The number of benzene rings is 1. The second-order valence-corrected chi connectivity index (χ2v) is 5.58. The zero-order valence-electron chi connectivity index (χ0n) is 12.4. The third-order valence-corrected chi connectivity index (χ3v) is 3.96. The molecule has 0 radical (unpaired) electrons. The van der Waals surface area contributed by atoms with Crippen molar-refractivity contribution < 1.29 is 0 Å². The van der Waals surface area contributed by atoms with Crippen molar-refractivity contribution in [3.63, 3.8) is 0 Å². The van der Waals surface area contributed by atoms with Gasteiger partial charge in [0, 0.05) is 36.9 Å². The number of imidazole rings is 1. The second-order valence-electron chi connectivity index (χ2n) is 5.17. The van der Waals surface area contributed by atoms with Gasteiger partial charge in [0.2, 0.25) is 0 Å². The van der Waals surface area contributed by atoms with Crippen LogP contribution >= 0.6 is 11.6 Å².